The second-order valence-corrected chi connectivity index (χ2v) is 6.10. The number of rotatable bonds is 7. The Morgan fingerprint density at radius 3 is 2.33 bits per heavy atom. The lowest BCUT2D eigenvalue weighted by Gasteiger charge is -2.25. The molecule has 0 saturated carbocycles. The molecule has 0 aromatic heterocycles. The third-order valence-electron chi connectivity index (χ3n) is 3.39. The predicted octanol–water partition coefficient (Wildman–Crippen LogP) is 3.17. The van der Waals surface area contributed by atoms with Crippen molar-refractivity contribution in [1.82, 2.24) is 5.32 Å². The monoisotopic (exact) mass is 292 g/mol. The average Bonchev–Trinajstić information content (AvgIpc) is 2.38. The highest BCUT2D eigenvalue weighted by Gasteiger charge is 2.28. The minimum Gasteiger partial charge on any atom is -0.491 e. The molecule has 118 valence electrons. The van der Waals surface area contributed by atoms with Gasteiger partial charge < -0.3 is 15.8 Å². The molecule has 0 radical (unpaired) electrons. The van der Waals surface area contributed by atoms with Crippen molar-refractivity contribution in [2.45, 2.75) is 65.1 Å². The minimum atomic E-state index is -0.816. The van der Waals surface area contributed by atoms with Crippen LogP contribution in [0.5, 0.6) is 5.75 Å². The largest absolute Gasteiger partial charge is 0.491 e. The van der Waals surface area contributed by atoms with Crippen molar-refractivity contribution in [2.24, 2.45) is 5.73 Å². The van der Waals surface area contributed by atoms with E-state index in [1.807, 2.05) is 52.0 Å². The molecule has 1 rings (SSSR count). The second-order valence-electron chi connectivity index (χ2n) is 6.10. The van der Waals surface area contributed by atoms with Crippen molar-refractivity contribution < 1.29 is 9.53 Å². The van der Waals surface area contributed by atoms with Gasteiger partial charge in [-0.15, -0.1) is 0 Å². The first-order chi connectivity index (χ1) is 9.76. The summed E-state index contributed by atoms with van der Waals surface area (Å²) in [6.07, 6.45) is 1.71. The number of ether oxygens (including phenoxy) is 1. The van der Waals surface area contributed by atoms with Gasteiger partial charge >= 0.3 is 0 Å². The summed E-state index contributed by atoms with van der Waals surface area (Å²) in [5, 5.41) is 2.98. The molecule has 2 unspecified atom stereocenters. The third-order valence-corrected chi connectivity index (χ3v) is 3.39. The van der Waals surface area contributed by atoms with Gasteiger partial charge in [0.25, 0.3) is 0 Å². The molecular weight excluding hydrogens is 264 g/mol. The molecule has 4 heteroatoms. The van der Waals surface area contributed by atoms with Crippen LogP contribution < -0.4 is 15.8 Å². The Hall–Kier alpha value is -1.55. The third kappa shape index (κ3) is 5.38. The number of hydrogen-bond acceptors (Lipinski definition) is 3. The Kier molecular flexibility index (Phi) is 6.21. The van der Waals surface area contributed by atoms with E-state index in [-0.39, 0.29) is 18.1 Å². The topological polar surface area (TPSA) is 64.4 Å². The Morgan fingerprint density at radius 1 is 1.29 bits per heavy atom. The maximum absolute atomic E-state index is 12.2. The summed E-state index contributed by atoms with van der Waals surface area (Å²) in [4.78, 5) is 12.2. The van der Waals surface area contributed by atoms with Crippen LogP contribution in [0.25, 0.3) is 0 Å². The molecule has 0 spiro atoms. The number of carbonyl (C=O) groups excluding carboxylic acids is 1. The molecule has 0 aliphatic rings. The molecule has 2 atom stereocenters. The Balaban J connectivity index is 2.67. The summed E-state index contributed by atoms with van der Waals surface area (Å²) in [6.45, 7) is 9.74. The summed E-state index contributed by atoms with van der Waals surface area (Å²) in [6, 6.07) is 7.70. The van der Waals surface area contributed by atoms with Crippen molar-refractivity contribution in [2.75, 3.05) is 0 Å². The lowest BCUT2D eigenvalue weighted by Crippen LogP contribution is -2.52. The minimum absolute atomic E-state index is 0.0784. The fraction of sp³-hybridized carbons (Fsp3) is 0.588. The van der Waals surface area contributed by atoms with Crippen LogP contribution in [0.1, 0.15) is 59.1 Å². The van der Waals surface area contributed by atoms with Gasteiger partial charge in [-0.2, -0.15) is 0 Å². The van der Waals surface area contributed by atoms with Crippen molar-refractivity contribution in [3.05, 3.63) is 29.8 Å². The van der Waals surface area contributed by atoms with Crippen LogP contribution in [-0.4, -0.2) is 17.6 Å². The van der Waals surface area contributed by atoms with Crippen molar-refractivity contribution >= 4 is 5.91 Å². The van der Waals surface area contributed by atoms with E-state index in [2.05, 4.69) is 5.32 Å². The van der Waals surface area contributed by atoms with Gasteiger partial charge in [0, 0.05) is 0 Å². The van der Waals surface area contributed by atoms with Crippen molar-refractivity contribution in [3.8, 4) is 5.75 Å². The summed E-state index contributed by atoms with van der Waals surface area (Å²) in [5.41, 5.74) is 6.26. The zero-order valence-electron chi connectivity index (χ0n) is 13.8. The molecule has 4 nitrogen and oxygen atoms in total. The van der Waals surface area contributed by atoms with Crippen molar-refractivity contribution in [1.29, 1.82) is 0 Å². The van der Waals surface area contributed by atoms with Gasteiger partial charge in [-0.05, 0) is 51.8 Å². The van der Waals surface area contributed by atoms with Gasteiger partial charge in [-0.25, -0.2) is 0 Å². The Morgan fingerprint density at radius 2 is 1.86 bits per heavy atom. The SMILES string of the molecule is CCCC(C)(N)C(=O)NC(C)c1ccc(OC(C)C)cc1. The van der Waals surface area contributed by atoms with Gasteiger partial charge in [0.05, 0.1) is 17.7 Å². The fourth-order valence-electron chi connectivity index (χ4n) is 2.18. The van der Waals surface area contributed by atoms with Gasteiger partial charge in [0.15, 0.2) is 0 Å². The number of nitrogens with two attached hydrogens (primary N) is 1. The molecule has 0 heterocycles. The van der Waals surface area contributed by atoms with E-state index < -0.39 is 5.54 Å². The standard InChI is InChI=1S/C17H28N2O2/c1-6-11-17(5,18)16(20)19-13(4)14-7-9-15(10-8-14)21-12(2)3/h7-10,12-13H,6,11,18H2,1-5H3,(H,19,20). The van der Waals surface area contributed by atoms with Crippen LogP contribution in [0.2, 0.25) is 0 Å². The maximum atomic E-state index is 12.2. The highest BCUT2D eigenvalue weighted by atomic mass is 16.5. The Bertz CT molecular complexity index is 452. The lowest BCUT2D eigenvalue weighted by atomic mass is 9.95. The summed E-state index contributed by atoms with van der Waals surface area (Å²) < 4.78 is 5.61. The molecule has 1 aromatic rings. The number of benzene rings is 1. The molecule has 3 N–H and O–H groups in total. The number of nitrogens with one attached hydrogen (secondary N) is 1. The summed E-state index contributed by atoms with van der Waals surface area (Å²) >= 11 is 0. The first kappa shape index (κ1) is 17.5. The maximum Gasteiger partial charge on any atom is 0.240 e. The van der Waals surface area contributed by atoms with Gasteiger partial charge in [0.1, 0.15) is 5.75 Å². The van der Waals surface area contributed by atoms with Crippen LogP contribution >= 0.6 is 0 Å². The van der Waals surface area contributed by atoms with E-state index in [1.54, 1.807) is 6.92 Å². The van der Waals surface area contributed by atoms with Crippen molar-refractivity contribution in [3.63, 3.8) is 0 Å². The molecular formula is C17H28N2O2. The average molecular weight is 292 g/mol. The highest BCUT2D eigenvalue weighted by Crippen LogP contribution is 2.19. The smallest absolute Gasteiger partial charge is 0.240 e. The molecule has 0 aliphatic heterocycles. The molecule has 0 bridgehead atoms. The van der Waals surface area contributed by atoms with E-state index in [9.17, 15) is 4.79 Å². The lowest BCUT2D eigenvalue weighted by molar-refractivity contribution is -0.126. The van der Waals surface area contributed by atoms with Gasteiger partial charge in [-0.1, -0.05) is 25.5 Å². The van der Waals surface area contributed by atoms with Crippen LogP contribution in [0.4, 0.5) is 0 Å². The molecule has 0 fully saturated rings. The first-order valence-corrected chi connectivity index (χ1v) is 7.62. The molecule has 1 amide bonds. The number of carbonyl (C=O) groups is 1. The zero-order chi connectivity index (χ0) is 16.0. The summed E-state index contributed by atoms with van der Waals surface area (Å²) in [7, 11) is 0. The quantitative estimate of drug-likeness (QED) is 0.811. The van der Waals surface area contributed by atoms with E-state index in [4.69, 9.17) is 10.5 Å². The van der Waals surface area contributed by atoms with Gasteiger partial charge in [0.2, 0.25) is 5.91 Å². The predicted molar refractivity (Wildman–Crippen MR) is 86.3 cm³/mol. The zero-order valence-corrected chi connectivity index (χ0v) is 13.8. The molecule has 0 aliphatic carbocycles. The fourth-order valence-corrected chi connectivity index (χ4v) is 2.18. The second kappa shape index (κ2) is 7.46. The van der Waals surface area contributed by atoms with Crippen LogP contribution in [0.15, 0.2) is 24.3 Å². The Labute approximate surface area is 128 Å². The highest BCUT2D eigenvalue weighted by molar-refractivity contribution is 5.85. The molecule has 1 aromatic carbocycles. The van der Waals surface area contributed by atoms with E-state index >= 15 is 0 Å². The van der Waals surface area contributed by atoms with Crippen LogP contribution in [0, 0.1) is 0 Å². The first-order valence-electron chi connectivity index (χ1n) is 7.62. The van der Waals surface area contributed by atoms with E-state index in [1.165, 1.54) is 0 Å². The number of hydrogen-bond donors (Lipinski definition) is 2. The van der Waals surface area contributed by atoms with Crippen LogP contribution in [0.3, 0.4) is 0 Å². The number of amides is 1. The molecule has 21 heavy (non-hydrogen) atoms. The molecule has 0 saturated heterocycles. The van der Waals surface area contributed by atoms with Crippen LogP contribution in [-0.2, 0) is 4.79 Å². The van der Waals surface area contributed by atoms with Gasteiger partial charge in [-0.3, -0.25) is 4.79 Å². The normalized spacial score (nSPS) is 15.4. The van der Waals surface area contributed by atoms with E-state index in [0.29, 0.717) is 6.42 Å². The summed E-state index contributed by atoms with van der Waals surface area (Å²) in [5.74, 6) is 0.723. The van der Waals surface area contributed by atoms with E-state index in [0.717, 1.165) is 17.7 Å².